The molecule has 0 amide bonds. The molecule has 2 unspecified atom stereocenters. The first-order chi connectivity index (χ1) is 9.75. The van der Waals surface area contributed by atoms with Crippen LogP contribution >= 0.6 is 0 Å². The highest BCUT2D eigenvalue weighted by atomic mass is 15.6. The van der Waals surface area contributed by atoms with E-state index in [1.54, 1.807) is 0 Å². The van der Waals surface area contributed by atoms with Gasteiger partial charge in [-0.25, -0.2) is 9.66 Å². The fraction of sp³-hybridized carbons (Fsp3) is 0.812. The lowest BCUT2D eigenvalue weighted by atomic mass is 9.99. The van der Waals surface area contributed by atoms with Gasteiger partial charge in [-0.05, 0) is 46.0 Å². The van der Waals surface area contributed by atoms with E-state index in [4.69, 9.17) is 4.98 Å². The number of nitrogens with zero attached hydrogens (tertiary/aromatic N) is 3. The monoisotopic (exact) mass is 274 g/mol. The van der Waals surface area contributed by atoms with Gasteiger partial charge in [-0.3, -0.25) is 0 Å². The first kappa shape index (κ1) is 12.7. The van der Waals surface area contributed by atoms with Gasteiger partial charge in [-0.2, -0.15) is 0 Å². The van der Waals surface area contributed by atoms with Gasteiger partial charge in [0, 0.05) is 37.5 Å². The third-order valence-corrected chi connectivity index (χ3v) is 5.21. The maximum Gasteiger partial charge on any atom is 0.131 e. The summed E-state index contributed by atoms with van der Waals surface area (Å²) in [6.07, 6.45) is 7.81. The Balaban J connectivity index is 1.80. The number of imidazole rings is 1. The molecule has 4 nitrogen and oxygen atoms in total. The van der Waals surface area contributed by atoms with Gasteiger partial charge in [0.25, 0.3) is 0 Å². The molecule has 1 saturated carbocycles. The SMILES string of the molecule is CC1CCCC(C)N1n1c(C2CC2)nc2c1CCNC2. The van der Waals surface area contributed by atoms with Crippen LogP contribution in [0.4, 0.5) is 0 Å². The van der Waals surface area contributed by atoms with Crippen LogP contribution in [0.2, 0.25) is 0 Å². The van der Waals surface area contributed by atoms with Crippen LogP contribution < -0.4 is 10.3 Å². The number of hydrogen-bond acceptors (Lipinski definition) is 3. The Morgan fingerprint density at radius 1 is 1.10 bits per heavy atom. The molecular formula is C16H26N4. The maximum atomic E-state index is 5.02. The normalized spacial score (nSPS) is 30.4. The van der Waals surface area contributed by atoms with Crippen molar-refractivity contribution in [3.05, 3.63) is 17.2 Å². The first-order valence-corrected chi connectivity index (χ1v) is 8.35. The second-order valence-electron chi connectivity index (χ2n) is 6.89. The lowest BCUT2D eigenvalue weighted by Gasteiger charge is -2.43. The Hall–Kier alpha value is -1.03. The Labute approximate surface area is 121 Å². The van der Waals surface area contributed by atoms with Crippen LogP contribution in [0.5, 0.6) is 0 Å². The zero-order valence-corrected chi connectivity index (χ0v) is 12.7. The lowest BCUT2D eigenvalue weighted by molar-refractivity contribution is 0.324. The quantitative estimate of drug-likeness (QED) is 0.898. The maximum absolute atomic E-state index is 5.02. The second-order valence-corrected chi connectivity index (χ2v) is 6.89. The van der Waals surface area contributed by atoms with E-state index in [2.05, 4.69) is 28.8 Å². The summed E-state index contributed by atoms with van der Waals surface area (Å²) < 4.78 is 2.56. The van der Waals surface area contributed by atoms with Crippen molar-refractivity contribution in [1.29, 1.82) is 0 Å². The Bertz CT molecular complexity index is 493. The van der Waals surface area contributed by atoms with Crippen LogP contribution in [-0.2, 0) is 13.0 Å². The van der Waals surface area contributed by atoms with E-state index in [1.807, 2.05) is 0 Å². The number of piperidine rings is 1. The van der Waals surface area contributed by atoms with Crippen molar-refractivity contribution < 1.29 is 0 Å². The molecule has 1 N–H and O–H groups in total. The summed E-state index contributed by atoms with van der Waals surface area (Å²) in [4.78, 5) is 5.02. The molecule has 0 spiro atoms. The minimum atomic E-state index is 0.643. The summed E-state index contributed by atoms with van der Waals surface area (Å²) in [5, 5.41) is 6.12. The third kappa shape index (κ3) is 1.96. The Morgan fingerprint density at radius 2 is 1.85 bits per heavy atom. The van der Waals surface area contributed by atoms with Crippen molar-refractivity contribution in [1.82, 2.24) is 15.0 Å². The topological polar surface area (TPSA) is 33.1 Å². The molecule has 4 rings (SSSR count). The fourth-order valence-electron chi connectivity index (χ4n) is 3.98. The predicted octanol–water partition coefficient (Wildman–Crippen LogP) is 2.31. The first-order valence-electron chi connectivity index (χ1n) is 8.35. The Morgan fingerprint density at radius 3 is 2.55 bits per heavy atom. The molecule has 4 heteroatoms. The highest BCUT2D eigenvalue weighted by Gasteiger charge is 2.36. The smallest absolute Gasteiger partial charge is 0.131 e. The van der Waals surface area contributed by atoms with Crippen LogP contribution in [0.1, 0.15) is 69.1 Å². The number of nitrogens with one attached hydrogen (secondary N) is 1. The highest BCUT2D eigenvalue weighted by molar-refractivity contribution is 5.27. The second kappa shape index (κ2) is 4.76. The van der Waals surface area contributed by atoms with Gasteiger partial charge in [0.1, 0.15) is 5.82 Å². The molecule has 2 fully saturated rings. The van der Waals surface area contributed by atoms with Crippen LogP contribution in [0.3, 0.4) is 0 Å². The summed E-state index contributed by atoms with van der Waals surface area (Å²) in [6.45, 7) is 6.83. The predicted molar refractivity (Wildman–Crippen MR) is 80.6 cm³/mol. The van der Waals surface area contributed by atoms with Crippen molar-refractivity contribution in [2.75, 3.05) is 11.6 Å². The Kier molecular flexibility index (Phi) is 3.02. The molecule has 0 bridgehead atoms. The number of hydrogen-bond donors (Lipinski definition) is 1. The van der Waals surface area contributed by atoms with Gasteiger partial charge in [0.15, 0.2) is 0 Å². The van der Waals surface area contributed by atoms with Crippen molar-refractivity contribution in [2.24, 2.45) is 0 Å². The number of fused-ring (bicyclic) bond motifs is 1. The largest absolute Gasteiger partial charge is 0.311 e. The minimum absolute atomic E-state index is 0.643. The molecule has 2 atom stereocenters. The van der Waals surface area contributed by atoms with Crippen LogP contribution in [0, 0.1) is 0 Å². The zero-order chi connectivity index (χ0) is 13.7. The summed E-state index contributed by atoms with van der Waals surface area (Å²) >= 11 is 0. The van der Waals surface area contributed by atoms with Gasteiger partial charge in [0.05, 0.1) is 11.4 Å². The molecule has 1 aromatic rings. The summed E-state index contributed by atoms with van der Waals surface area (Å²) in [7, 11) is 0. The van der Waals surface area contributed by atoms with Gasteiger partial charge in [-0.15, -0.1) is 0 Å². The molecular weight excluding hydrogens is 248 g/mol. The summed E-state index contributed by atoms with van der Waals surface area (Å²) in [5.74, 6) is 2.08. The molecule has 110 valence electrons. The van der Waals surface area contributed by atoms with Gasteiger partial charge in [-0.1, -0.05) is 0 Å². The van der Waals surface area contributed by atoms with E-state index in [1.165, 1.54) is 49.3 Å². The molecule has 1 aromatic heterocycles. The lowest BCUT2D eigenvalue weighted by Crippen LogP contribution is -2.52. The molecule has 1 saturated heterocycles. The molecule has 0 aromatic carbocycles. The van der Waals surface area contributed by atoms with E-state index in [0.717, 1.165) is 25.4 Å². The molecule has 20 heavy (non-hydrogen) atoms. The van der Waals surface area contributed by atoms with Gasteiger partial charge in [0.2, 0.25) is 0 Å². The molecule has 1 aliphatic carbocycles. The van der Waals surface area contributed by atoms with Crippen molar-refractivity contribution >= 4 is 0 Å². The van der Waals surface area contributed by atoms with Crippen molar-refractivity contribution in [2.45, 2.75) is 76.9 Å². The summed E-state index contributed by atoms with van der Waals surface area (Å²) in [6, 6.07) is 1.29. The van der Waals surface area contributed by atoms with E-state index in [-0.39, 0.29) is 0 Å². The molecule has 3 heterocycles. The zero-order valence-electron chi connectivity index (χ0n) is 12.7. The minimum Gasteiger partial charge on any atom is -0.311 e. The van der Waals surface area contributed by atoms with Crippen molar-refractivity contribution in [3.8, 4) is 0 Å². The van der Waals surface area contributed by atoms with E-state index >= 15 is 0 Å². The standard InChI is InChI=1S/C16H26N4/c1-11-4-3-5-12(2)19(11)20-15-8-9-17-10-14(15)18-16(20)13-6-7-13/h11-13,17H,3-10H2,1-2H3. The van der Waals surface area contributed by atoms with E-state index < -0.39 is 0 Å². The fourth-order valence-corrected chi connectivity index (χ4v) is 3.98. The van der Waals surface area contributed by atoms with E-state index in [0.29, 0.717) is 12.1 Å². The van der Waals surface area contributed by atoms with Crippen LogP contribution in [-0.4, -0.2) is 28.3 Å². The highest BCUT2D eigenvalue weighted by Crippen LogP contribution is 2.41. The van der Waals surface area contributed by atoms with Crippen molar-refractivity contribution in [3.63, 3.8) is 0 Å². The number of rotatable bonds is 2. The van der Waals surface area contributed by atoms with Gasteiger partial charge < -0.3 is 10.3 Å². The average Bonchev–Trinajstić information content (AvgIpc) is 3.21. The molecule has 0 radical (unpaired) electrons. The average molecular weight is 274 g/mol. The van der Waals surface area contributed by atoms with Crippen LogP contribution in [0.25, 0.3) is 0 Å². The molecule has 3 aliphatic rings. The summed E-state index contributed by atoms with van der Waals surface area (Å²) in [5.41, 5.74) is 2.80. The third-order valence-electron chi connectivity index (χ3n) is 5.21. The number of aromatic nitrogens is 2. The van der Waals surface area contributed by atoms with Gasteiger partial charge >= 0.3 is 0 Å². The van der Waals surface area contributed by atoms with E-state index in [9.17, 15) is 0 Å². The molecule has 2 aliphatic heterocycles. The van der Waals surface area contributed by atoms with Crippen LogP contribution in [0.15, 0.2) is 0 Å².